The summed E-state index contributed by atoms with van der Waals surface area (Å²) in [5.74, 6) is 0.0847. The van der Waals surface area contributed by atoms with E-state index in [4.69, 9.17) is 5.73 Å². The molecule has 1 heterocycles. The highest BCUT2D eigenvalue weighted by molar-refractivity contribution is 5.86. The molecule has 0 aliphatic rings. The van der Waals surface area contributed by atoms with E-state index in [1.807, 2.05) is 6.20 Å². The van der Waals surface area contributed by atoms with Crippen LogP contribution in [0.1, 0.15) is 24.0 Å². The third-order valence-electron chi connectivity index (χ3n) is 3.33. The van der Waals surface area contributed by atoms with Crippen molar-refractivity contribution in [1.82, 2.24) is 10.3 Å². The van der Waals surface area contributed by atoms with Gasteiger partial charge >= 0.3 is 0 Å². The van der Waals surface area contributed by atoms with E-state index in [9.17, 15) is 4.79 Å². The Labute approximate surface area is 125 Å². The quantitative estimate of drug-likeness (QED) is 0.765. The fourth-order valence-electron chi connectivity index (χ4n) is 2.26. The summed E-state index contributed by atoms with van der Waals surface area (Å²) >= 11 is 0. The molecule has 0 aliphatic heterocycles. The number of aryl methyl sites for hydroxylation is 1. The molecule has 0 saturated heterocycles. The number of carbonyl (C=O) groups excluding carboxylic acids is 1. The fraction of sp³-hybridized carbons (Fsp3) is 0.400. The predicted molar refractivity (Wildman–Crippen MR) is 85.3 cm³/mol. The molecular formula is C15H22ClN3O. The van der Waals surface area contributed by atoms with Crippen LogP contribution in [0, 0.1) is 6.92 Å². The standard InChI is InChI=1S/C15H21N3O.ClH/c1-11-4-2-5-13-12(10-18-15(11)13)7-9-17-14(19)6-3-8-16;/h2,4-5,10,18H,3,6-9,16H2,1H3,(H,17,19);1H. The van der Waals surface area contributed by atoms with Crippen LogP contribution in [0.5, 0.6) is 0 Å². The molecule has 0 bridgehead atoms. The molecule has 0 aliphatic carbocycles. The Bertz CT molecular complexity index is 565. The SMILES string of the molecule is Cc1cccc2c(CCNC(=O)CCCN)c[nH]c12.Cl. The lowest BCUT2D eigenvalue weighted by Gasteiger charge is -2.04. The van der Waals surface area contributed by atoms with E-state index in [-0.39, 0.29) is 18.3 Å². The summed E-state index contributed by atoms with van der Waals surface area (Å²) in [6.07, 6.45) is 4.14. The highest BCUT2D eigenvalue weighted by atomic mass is 35.5. The predicted octanol–water partition coefficient (Wildman–Crippen LogP) is 2.30. The molecular weight excluding hydrogens is 274 g/mol. The van der Waals surface area contributed by atoms with Crippen LogP contribution in [0.15, 0.2) is 24.4 Å². The highest BCUT2D eigenvalue weighted by Crippen LogP contribution is 2.21. The van der Waals surface area contributed by atoms with E-state index < -0.39 is 0 Å². The zero-order valence-corrected chi connectivity index (χ0v) is 12.6. The smallest absolute Gasteiger partial charge is 0.220 e. The summed E-state index contributed by atoms with van der Waals surface area (Å²) in [6, 6.07) is 6.27. The molecule has 5 heteroatoms. The maximum absolute atomic E-state index is 11.5. The number of aromatic nitrogens is 1. The number of nitrogens with one attached hydrogen (secondary N) is 2. The first-order valence-electron chi connectivity index (χ1n) is 6.74. The van der Waals surface area contributed by atoms with Gasteiger partial charge in [0, 0.05) is 30.1 Å². The Morgan fingerprint density at radius 2 is 2.20 bits per heavy atom. The van der Waals surface area contributed by atoms with Crippen molar-refractivity contribution in [2.45, 2.75) is 26.2 Å². The zero-order chi connectivity index (χ0) is 13.7. The van der Waals surface area contributed by atoms with Gasteiger partial charge in [-0.3, -0.25) is 4.79 Å². The lowest BCUT2D eigenvalue weighted by molar-refractivity contribution is -0.121. The molecule has 0 spiro atoms. The molecule has 0 fully saturated rings. The van der Waals surface area contributed by atoms with Crippen molar-refractivity contribution < 1.29 is 4.79 Å². The molecule has 20 heavy (non-hydrogen) atoms. The number of nitrogens with two attached hydrogens (primary N) is 1. The van der Waals surface area contributed by atoms with E-state index in [1.165, 1.54) is 22.0 Å². The number of rotatable bonds is 6. The molecule has 4 nitrogen and oxygen atoms in total. The molecule has 1 aromatic heterocycles. The van der Waals surface area contributed by atoms with Gasteiger partial charge in [0.15, 0.2) is 0 Å². The van der Waals surface area contributed by atoms with Crippen LogP contribution < -0.4 is 11.1 Å². The Morgan fingerprint density at radius 3 is 2.95 bits per heavy atom. The summed E-state index contributed by atoms with van der Waals surface area (Å²) in [5, 5.41) is 4.17. The van der Waals surface area contributed by atoms with Gasteiger partial charge in [-0.05, 0) is 37.4 Å². The number of fused-ring (bicyclic) bond motifs is 1. The van der Waals surface area contributed by atoms with Gasteiger partial charge in [-0.1, -0.05) is 18.2 Å². The summed E-state index contributed by atoms with van der Waals surface area (Å²) < 4.78 is 0. The van der Waals surface area contributed by atoms with Crippen LogP contribution in [0.4, 0.5) is 0 Å². The Balaban J connectivity index is 0.00000200. The summed E-state index contributed by atoms with van der Waals surface area (Å²) in [5.41, 5.74) is 9.06. The van der Waals surface area contributed by atoms with Crippen LogP contribution in [0.25, 0.3) is 10.9 Å². The van der Waals surface area contributed by atoms with Gasteiger partial charge < -0.3 is 16.0 Å². The number of amides is 1. The van der Waals surface area contributed by atoms with Crippen molar-refractivity contribution in [3.63, 3.8) is 0 Å². The van der Waals surface area contributed by atoms with Gasteiger partial charge in [-0.2, -0.15) is 0 Å². The van der Waals surface area contributed by atoms with Gasteiger partial charge in [-0.15, -0.1) is 12.4 Å². The van der Waals surface area contributed by atoms with Crippen LogP contribution in [0.3, 0.4) is 0 Å². The minimum atomic E-state index is 0. The summed E-state index contributed by atoms with van der Waals surface area (Å²) in [4.78, 5) is 14.8. The molecule has 4 N–H and O–H groups in total. The average Bonchev–Trinajstić information content (AvgIpc) is 2.81. The second-order valence-electron chi connectivity index (χ2n) is 4.80. The second kappa shape index (κ2) is 7.92. The third-order valence-corrected chi connectivity index (χ3v) is 3.33. The Morgan fingerprint density at radius 1 is 1.40 bits per heavy atom. The van der Waals surface area contributed by atoms with Gasteiger partial charge in [0.1, 0.15) is 0 Å². The van der Waals surface area contributed by atoms with Crippen molar-refractivity contribution in [2.75, 3.05) is 13.1 Å². The fourth-order valence-corrected chi connectivity index (χ4v) is 2.26. The monoisotopic (exact) mass is 295 g/mol. The first-order chi connectivity index (χ1) is 9.22. The largest absolute Gasteiger partial charge is 0.361 e. The van der Waals surface area contributed by atoms with Crippen LogP contribution in [-0.4, -0.2) is 24.0 Å². The molecule has 0 unspecified atom stereocenters. The van der Waals surface area contributed by atoms with E-state index >= 15 is 0 Å². The van der Waals surface area contributed by atoms with E-state index in [0.29, 0.717) is 19.5 Å². The molecule has 0 saturated carbocycles. The summed E-state index contributed by atoms with van der Waals surface area (Å²) in [7, 11) is 0. The van der Waals surface area contributed by atoms with E-state index in [1.54, 1.807) is 0 Å². The number of benzene rings is 1. The van der Waals surface area contributed by atoms with E-state index in [0.717, 1.165) is 12.8 Å². The van der Waals surface area contributed by atoms with Crippen molar-refractivity contribution in [2.24, 2.45) is 5.73 Å². The summed E-state index contributed by atoms with van der Waals surface area (Å²) in [6.45, 7) is 3.33. The van der Waals surface area contributed by atoms with Crippen molar-refractivity contribution in [3.8, 4) is 0 Å². The van der Waals surface area contributed by atoms with Crippen molar-refractivity contribution >= 4 is 29.2 Å². The lowest BCUT2D eigenvalue weighted by atomic mass is 10.1. The van der Waals surface area contributed by atoms with Gasteiger partial charge in [-0.25, -0.2) is 0 Å². The number of aromatic amines is 1. The Kier molecular flexibility index (Phi) is 6.55. The molecule has 110 valence electrons. The minimum Gasteiger partial charge on any atom is -0.361 e. The van der Waals surface area contributed by atoms with Crippen molar-refractivity contribution in [1.29, 1.82) is 0 Å². The zero-order valence-electron chi connectivity index (χ0n) is 11.7. The average molecular weight is 296 g/mol. The number of carbonyl (C=O) groups is 1. The maximum atomic E-state index is 11.5. The Hall–Kier alpha value is -1.52. The van der Waals surface area contributed by atoms with Gasteiger partial charge in [0.2, 0.25) is 5.91 Å². The number of H-pyrrole nitrogens is 1. The first kappa shape index (κ1) is 16.5. The van der Waals surface area contributed by atoms with Crippen molar-refractivity contribution in [3.05, 3.63) is 35.5 Å². The molecule has 0 radical (unpaired) electrons. The van der Waals surface area contributed by atoms with Crippen LogP contribution in [-0.2, 0) is 11.2 Å². The number of halogens is 1. The maximum Gasteiger partial charge on any atom is 0.220 e. The van der Waals surface area contributed by atoms with Gasteiger partial charge in [0.05, 0.1) is 0 Å². The first-order valence-corrected chi connectivity index (χ1v) is 6.74. The highest BCUT2D eigenvalue weighted by Gasteiger charge is 2.06. The molecule has 0 atom stereocenters. The normalized spacial score (nSPS) is 10.3. The van der Waals surface area contributed by atoms with Crippen LogP contribution >= 0.6 is 12.4 Å². The second-order valence-corrected chi connectivity index (χ2v) is 4.80. The van der Waals surface area contributed by atoms with Gasteiger partial charge in [0.25, 0.3) is 0 Å². The van der Waals surface area contributed by atoms with Crippen LogP contribution in [0.2, 0.25) is 0 Å². The number of para-hydroxylation sites is 1. The topological polar surface area (TPSA) is 70.9 Å². The third kappa shape index (κ3) is 3.99. The van der Waals surface area contributed by atoms with E-state index in [2.05, 4.69) is 35.4 Å². The molecule has 1 amide bonds. The number of hydrogen-bond acceptors (Lipinski definition) is 2. The number of hydrogen-bond donors (Lipinski definition) is 3. The molecule has 2 rings (SSSR count). The molecule has 2 aromatic rings. The molecule has 1 aromatic carbocycles. The lowest BCUT2D eigenvalue weighted by Crippen LogP contribution is -2.25. The minimum absolute atomic E-state index is 0.